The second kappa shape index (κ2) is 5.75. The highest BCUT2D eigenvalue weighted by Gasteiger charge is 2.44. The van der Waals surface area contributed by atoms with Gasteiger partial charge in [0.05, 0.1) is 11.1 Å². The van der Waals surface area contributed by atoms with Crippen molar-refractivity contribution >= 4 is 17.8 Å². The number of nitrogens with zero attached hydrogens (tertiary/aromatic N) is 1. The molecule has 0 fully saturated rings. The zero-order valence-electron chi connectivity index (χ0n) is 13.7. The van der Waals surface area contributed by atoms with Crippen LogP contribution in [-0.4, -0.2) is 34.0 Å². The number of rotatable bonds is 4. The number of hydrogen-bond donors (Lipinski definition) is 0. The van der Waals surface area contributed by atoms with Crippen molar-refractivity contribution < 1.29 is 29.0 Å². The van der Waals surface area contributed by atoms with E-state index in [0.29, 0.717) is 5.06 Å². The molecule has 0 bridgehead atoms. The SMILES string of the molecule is CC(C)(C)OOC(=O)C(C)(C)ON1C(=O)c2ccccc2C1=O. The van der Waals surface area contributed by atoms with Crippen LogP contribution in [0.2, 0.25) is 0 Å². The standard InChI is InChI=1S/C16H19NO6/c1-15(2,3)23-21-14(20)16(4,5)22-17-12(18)10-8-6-7-9-11(10)13(17)19/h6-9H,1-5H3. The van der Waals surface area contributed by atoms with Gasteiger partial charge < -0.3 is 0 Å². The number of hydrogen-bond acceptors (Lipinski definition) is 6. The van der Waals surface area contributed by atoms with Gasteiger partial charge in [-0.15, -0.1) is 5.06 Å². The summed E-state index contributed by atoms with van der Waals surface area (Å²) in [6, 6.07) is 6.33. The first-order valence-electron chi connectivity index (χ1n) is 7.10. The summed E-state index contributed by atoms with van der Waals surface area (Å²) in [6.07, 6.45) is 0. The molecule has 1 heterocycles. The van der Waals surface area contributed by atoms with Gasteiger partial charge in [-0.3, -0.25) is 14.5 Å². The van der Waals surface area contributed by atoms with E-state index in [9.17, 15) is 14.4 Å². The van der Waals surface area contributed by atoms with Crippen LogP contribution < -0.4 is 0 Å². The zero-order chi connectivity index (χ0) is 17.4. The lowest BCUT2D eigenvalue weighted by atomic mass is 10.1. The van der Waals surface area contributed by atoms with Crippen molar-refractivity contribution in [1.29, 1.82) is 0 Å². The summed E-state index contributed by atoms with van der Waals surface area (Å²) in [6.45, 7) is 7.88. The first-order valence-corrected chi connectivity index (χ1v) is 7.10. The molecule has 124 valence electrons. The van der Waals surface area contributed by atoms with Crippen LogP contribution in [0.4, 0.5) is 0 Å². The van der Waals surface area contributed by atoms with E-state index >= 15 is 0 Å². The van der Waals surface area contributed by atoms with Crippen LogP contribution >= 0.6 is 0 Å². The van der Waals surface area contributed by atoms with E-state index in [4.69, 9.17) is 14.6 Å². The number of carbonyl (C=O) groups is 3. The van der Waals surface area contributed by atoms with Crippen molar-refractivity contribution in [3.63, 3.8) is 0 Å². The molecular formula is C16H19NO6. The van der Waals surface area contributed by atoms with E-state index in [1.807, 2.05) is 0 Å². The Bertz CT molecular complexity index is 624. The van der Waals surface area contributed by atoms with Crippen molar-refractivity contribution in [2.45, 2.75) is 45.8 Å². The summed E-state index contributed by atoms with van der Waals surface area (Å²) in [5, 5.41) is 0.572. The van der Waals surface area contributed by atoms with Gasteiger partial charge in [0, 0.05) is 0 Å². The average Bonchev–Trinajstić information content (AvgIpc) is 2.69. The van der Waals surface area contributed by atoms with E-state index < -0.39 is 29.0 Å². The van der Waals surface area contributed by atoms with Crippen LogP contribution in [0, 0.1) is 0 Å². The molecule has 23 heavy (non-hydrogen) atoms. The van der Waals surface area contributed by atoms with Crippen LogP contribution in [0.25, 0.3) is 0 Å². The summed E-state index contributed by atoms with van der Waals surface area (Å²) in [4.78, 5) is 51.5. The second-order valence-electron chi connectivity index (χ2n) is 6.62. The quantitative estimate of drug-likeness (QED) is 0.481. The summed E-state index contributed by atoms with van der Waals surface area (Å²) >= 11 is 0. The summed E-state index contributed by atoms with van der Waals surface area (Å²) < 4.78 is 0. The Balaban J connectivity index is 2.11. The number of hydroxylamine groups is 2. The minimum Gasteiger partial charge on any atom is -0.294 e. The Morgan fingerprint density at radius 3 is 1.87 bits per heavy atom. The highest BCUT2D eigenvalue weighted by atomic mass is 17.2. The summed E-state index contributed by atoms with van der Waals surface area (Å²) in [5.41, 5.74) is -1.82. The van der Waals surface area contributed by atoms with E-state index in [-0.39, 0.29) is 11.1 Å². The highest BCUT2D eigenvalue weighted by Crippen LogP contribution is 2.26. The van der Waals surface area contributed by atoms with Gasteiger partial charge in [-0.25, -0.2) is 9.63 Å². The topological polar surface area (TPSA) is 82.1 Å². The number of amides is 2. The fourth-order valence-electron chi connectivity index (χ4n) is 1.78. The average molecular weight is 321 g/mol. The number of imide groups is 1. The molecule has 2 rings (SSSR count). The Kier molecular flexibility index (Phi) is 4.28. The largest absolute Gasteiger partial charge is 0.376 e. The van der Waals surface area contributed by atoms with Gasteiger partial charge >= 0.3 is 5.97 Å². The Labute approximate surface area is 134 Å². The molecule has 1 aromatic carbocycles. The molecule has 0 unspecified atom stereocenters. The minimum absolute atomic E-state index is 0.229. The van der Waals surface area contributed by atoms with Crippen LogP contribution in [0.5, 0.6) is 0 Å². The Hall–Kier alpha value is -2.25. The lowest BCUT2D eigenvalue weighted by molar-refractivity contribution is -0.334. The van der Waals surface area contributed by atoms with Crippen LogP contribution in [0.15, 0.2) is 24.3 Å². The maximum Gasteiger partial charge on any atom is 0.376 e. The summed E-state index contributed by atoms with van der Waals surface area (Å²) in [7, 11) is 0. The fraction of sp³-hybridized carbons (Fsp3) is 0.438. The molecule has 0 aliphatic carbocycles. The molecule has 0 aromatic heterocycles. The van der Waals surface area contributed by atoms with Gasteiger partial charge in [-0.2, -0.15) is 4.89 Å². The summed E-state index contributed by atoms with van der Waals surface area (Å²) in [5.74, 6) is -2.10. The van der Waals surface area contributed by atoms with Gasteiger partial charge in [0.25, 0.3) is 11.8 Å². The smallest absolute Gasteiger partial charge is 0.294 e. The molecule has 0 saturated carbocycles. The Morgan fingerprint density at radius 1 is 0.957 bits per heavy atom. The third-order valence-corrected chi connectivity index (χ3v) is 2.94. The van der Waals surface area contributed by atoms with Crippen LogP contribution in [-0.2, 0) is 19.4 Å². The van der Waals surface area contributed by atoms with Crippen LogP contribution in [0.1, 0.15) is 55.3 Å². The molecule has 2 amide bonds. The minimum atomic E-state index is -1.58. The molecule has 1 aliphatic heterocycles. The van der Waals surface area contributed by atoms with E-state index in [2.05, 4.69) is 0 Å². The molecule has 1 aliphatic rings. The molecule has 0 saturated heterocycles. The van der Waals surface area contributed by atoms with Gasteiger partial charge in [0.15, 0.2) is 5.60 Å². The Morgan fingerprint density at radius 2 is 1.43 bits per heavy atom. The number of carbonyl (C=O) groups excluding carboxylic acids is 3. The number of benzene rings is 1. The van der Waals surface area contributed by atoms with Crippen molar-refractivity contribution in [3.05, 3.63) is 35.4 Å². The van der Waals surface area contributed by atoms with Crippen molar-refractivity contribution in [1.82, 2.24) is 5.06 Å². The van der Waals surface area contributed by atoms with E-state index in [0.717, 1.165) is 0 Å². The predicted octanol–water partition coefficient (Wildman–Crippen LogP) is 2.27. The molecule has 0 spiro atoms. The monoisotopic (exact) mass is 321 g/mol. The molecule has 0 radical (unpaired) electrons. The molecule has 0 N–H and O–H groups in total. The van der Waals surface area contributed by atoms with Crippen molar-refractivity contribution in [3.8, 4) is 0 Å². The third-order valence-electron chi connectivity index (χ3n) is 2.94. The second-order valence-corrected chi connectivity index (χ2v) is 6.62. The van der Waals surface area contributed by atoms with E-state index in [1.54, 1.807) is 32.9 Å². The van der Waals surface area contributed by atoms with Gasteiger partial charge in [-0.05, 0) is 46.8 Å². The fourth-order valence-corrected chi connectivity index (χ4v) is 1.78. The lowest BCUT2D eigenvalue weighted by Crippen LogP contribution is -2.46. The van der Waals surface area contributed by atoms with Gasteiger partial charge in [0.2, 0.25) is 0 Å². The van der Waals surface area contributed by atoms with Crippen molar-refractivity contribution in [2.75, 3.05) is 0 Å². The first-order chi connectivity index (χ1) is 10.5. The van der Waals surface area contributed by atoms with E-state index in [1.165, 1.54) is 26.0 Å². The van der Waals surface area contributed by atoms with Gasteiger partial charge in [0.1, 0.15) is 5.60 Å². The highest BCUT2D eigenvalue weighted by molar-refractivity contribution is 6.20. The predicted molar refractivity (Wildman–Crippen MR) is 79.0 cm³/mol. The van der Waals surface area contributed by atoms with Crippen molar-refractivity contribution in [2.24, 2.45) is 0 Å². The number of fused-ring (bicyclic) bond motifs is 1. The molecular weight excluding hydrogens is 302 g/mol. The molecule has 7 heteroatoms. The lowest BCUT2D eigenvalue weighted by Gasteiger charge is -2.27. The van der Waals surface area contributed by atoms with Crippen LogP contribution in [0.3, 0.4) is 0 Å². The molecule has 7 nitrogen and oxygen atoms in total. The first kappa shape index (κ1) is 17.1. The normalized spacial score (nSPS) is 14.9. The van der Waals surface area contributed by atoms with Gasteiger partial charge in [-0.1, -0.05) is 12.1 Å². The maximum absolute atomic E-state index is 12.2. The maximum atomic E-state index is 12.2. The molecule has 0 atom stereocenters. The molecule has 1 aromatic rings. The third kappa shape index (κ3) is 3.57. The zero-order valence-corrected chi connectivity index (χ0v) is 13.7.